The molecule has 1 fully saturated rings. The highest BCUT2D eigenvalue weighted by molar-refractivity contribution is 7.16. The molecular formula is C16H16N2O3S. The van der Waals surface area contributed by atoms with Crippen LogP contribution in [-0.2, 0) is 4.79 Å². The molecule has 22 heavy (non-hydrogen) atoms. The number of benzene rings is 1. The van der Waals surface area contributed by atoms with Crippen LogP contribution in [0.3, 0.4) is 0 Å². The van der Waals surface area contributed by atoms with E-state index in [9.17, 15) is 14.7 Å². The lowest BCUT2D eigenvalue weighted by atomic mass is 9.99. The summed E-state index contributed by atoms with van der Waals surface area (Å²) < 4.78 is 0. The molecule has 1 atom stereocenters. The topological polar surface area (TPSA) is 70.5 Å². The molecule has 0 radical (unpaired) electrons. The van der Waals surface area contributed by atoms with Crippen LogP contribution in [0.1, 0.15) is 29.4 Å². The van der Waals surface area contributed by atoms with Crippen LogP contribution in [0, 0.1) is 0 Å². The van der Waals surface area contributed by atoms with E-state index in [1.165, 1.54) is 22.4 Å². The Kier molecular flexibility index (Phi) is 3.70. The lowest BCUT2D eigenvalue weighted by Gasteiger charge is -2.30. The summed E-state index contributed by atoms with van der Waals surface area (Å²) in [5.41, 5.74) is -0.164. The molecule has 6 heteroatoms. The van der Waals surface area contributed by atoms with E-state index in [0.29, 0.717) is 24.3 Å². The number of carboxylic acid groups (broad SMARTS) is 1. The number of thiazole rings is 1. The molecule has 114 valence electrons. The lowest BCUT2D eigenvalue weighted by Crippen LogP contribution is -2.50. The molecule has 5 nitrogen and oxygen atoms in total. The summed E-state index contributed by atoms with van der Waals surface area (Å²) in [4.78, 5) is 30.4. The van der Waals surface area contributed by atoms with Crippen LogP contribution in [-0.4, -0.2) is 39.0 Å². The second kappa shape index (κ2) is 5.53. The quantitative estimate of drug-likeness (QED) is 0.945. The first-order valence-electron chi connectivity index (χ1n) is 7.09. The summed E-state index contributed by atoms with van der Waals surface area (Å²) in [6.45, 7) is 2.08. The molecule has 1 N–H and O–H groups in total. The maximum Gasteiger partial charge on any atom is 0.329 e. The van der Waals surface area contributed by atoms with Gasteiger partial charge in [0.25, 0.3) is 5.91 Å². The molecule has 2 heterocycles. The number of aromatic nitrogens is 1. The number of nitrogens with zero attached hydrogens (tertiary/aromatic N) is 2. The minimum Gasteiger partial charge on any atom is -0.480 e. The summed E-state index contributed by atoms with van der Waals surface area (Å²) in [5.74, 6) is -1.20. The van der Waals surface area contributed by atoms with Crippen molar-refractivity contribution in [2.45, 2.75) is 25.3 Å². The summed E-state index contributed by atoms with van der Waals surface area (Å²) in [5, 5.41) is 10.2. The number of carboxylic acids is 1. The fourth-order valence-corrected chi connectivity index (χ4v) is 3.60. The van der Waals surface area contributed by atoms with Gasteiger partial charge in [0.05, 0.1) is 6.20 Å². The third-order valence-corrected chi connectivity index (χ3v) is 5.12. The van der Waals surface area contributed by atoms with Gasteiger partial charge in [-0.05, 0) is 19.8 Å². The molecule has 1 unspecified atom stereocenters. The second-order valence-electron chi connectivity index (χ2n) is 5.54. The summed E-state index contributed by atoms with van der Waals surface area (Å²) in [6, 6.07) is 9.63. The zero-order chi connectivity index (χ0) is 15.7. The predicted octanol–water partition coefficient (Wildman–Crippen LogP) is 2.89. The number of amides is 1. The minimum absolute atomic E-state index is 0.248. The van der Waals surface area contributed by atoms with Crippen molar-refractivity contribution < 1.29 is 14.7 Å². The van der Waals surface area contributed by atoms with Crippen LogP contribution in [0.5, 0.6) is 0 Å². The molecule has 1 amide bonds. The number of hydrogen-bond donors (Lipinski definition) is 1. The first kappa shape index (κ1) is 14.7. The summed E-state index contributed by atoms with van der Waals surface area (Å²) in [6.07, 6.45) is 2.73. The van der Waals surface area contributed by atoms with Crippen molar-refractivity contribution in [2.75, 3.05) is 6.54 Å². The zero-order valence-electron chi connectivity index (χ0n) is 12.2. The van der Waals surface area contributed by atoms with Crippen molar-refractivity contribution in [3.8, 4) is 10.6 Å². The van der Waals surface area contributed by atoms with E-state index in [1.54, 1.807) is 6.92 Å². The molecule has 1 aromatic heterocycles. The van der Waals surface area contributed by atoms with Crippen LogP contribution in [0.2, 0.25) is 0 Å². The van der Waals surface area contributed by atoms with Gasteiger partial charge >= 0.3 is 5.97 Å². The Hall–Kier alpha value is -2.21. The van der Waals surface area contributed by atoms with E-state index in [4.69, 9.17) is 0 Å². The average Bonchev–Trinajstić information content (AvgIpc) is 3.15. The van der Waals surface area contributed by atoms with Crippen LogP contribution < -0.4 is 0 Å². The van der Waals surface area contributed by atoms with Crippen molar-refractivity contribution in [3.05, 3.63) is 41.4 Å². The maximum absolute atomic E-state index is 12.6. The predicted molar refractivity (Wildman–Crippen MR) is 83.9 cm³/mol. The van der Waals surface area contributed by atoms with Gasteiger partial charge < -0.3 is 10.0 Å². The number of likely N-dealkylation sites (tertiary alicyclic amines) is 1. The fourth-order valence-electron chi connectivity index (χ4n) is 2.73. The van der Waals surface area contributed by atoms with Crippen LogP contribution in [0.15, 0.2) is 36.5 Å². The van der Waals surface area contributed by atoms with Gasteiger partial charge in [-0.15, -0.1) is 11.3 Å². The van der Waals surface area contributed by atoms with E-state index in [1.807, 2.05) is 30.3 Å². The first-order chi connectivity index (χ1) is 10.5. The van der Waals surface area contributed by atoms with Crippen molar-refractivity contribution in [1.82, 2.24) is 9.88 Å². The molecule has 2 aromatic rings. The molecule has 1 aromatic carbocycles. The lowest BCUT2D eigenvalue weighted by molar-refractivity contribution is -0.147. The number of carbonyl (C=O) groups excluding carboxylic acids is 1. The van der Waals surface area contributed by atoms with Gasteiger partial charge in [-0.2, -0.15) is 0 Å². The Morgan fingerprint density at radius 2 is 2.05 bits per heavy atom. The third-order valence-electron chi connectivity index (χ3n) is 4.08. The largest absolute Gasteiger partial charge is 0.480 e. The zero-order valence-corrected chi connectivity index (χ0v) is 13.0. The van der Waals surface area contributed by atoms with Crippen molar-refractivity contribution in [3.63, 3.8) is 0 Å². The fraction of sp³-hybridized carbons (Fsp3) is 0.312. The van der Waals surface area contributed by atoms with Gasteiger partial charge in [0, 0.05) is 12.1 Å². The molecule has 1 aliphatic heterocycles. The highest BCUT2D eigenvalue weighted by atomic mass is 32.1. The van der Waals surface area contributed by atoms with E-state index >= 15 is 0 Å². The van der Waals surface area contributed by atoms with Crippen LogP contribution in [0.25, 0.3) is 10.6 Å². The Morgan fingerprint density at radius 3 is 2.73 bits per heavy atom. The number of rotatable bonds is 3. The smallest absolute Gasteiger partial charge is 0.329 e. The van der Waals surface area contributed by atoms with Gasteiger partial charge in [-0.25, -0.2) is 9.78 Å². The molecule has 0 bridgehead atoms. The van der Waals surface area contributed by atoms with Crippen LogP contribution in [0.4, 0.5) is 0 Å². The third kappa shape index (κ3) is 2.39. The van der Waals surface area contributed by atoms with E-state index < -0.39 is 11.5 Å². The minimum atomic E-state index is -1.12. The molecule has 0 spiro atoms. The van der Waals surface area contributed by atoms with Gasteiger partial charge in [0.1, 0.15) is 15.4 Å². The van der Waals surface area contributed by atoms with Crippen molar-refractivity contribution in [1.29, 1.82) is 0 Å². The van der Waals surface area contributed by atoms with Gasteiger partial charge in [-0.3, -0.25) is 4.79 Å². The molecule has 0 aliphatic carbocycles. The summed E-state index contributed by atoms with van der Waals surface area (Å²) >= 11 is 1.30. The van der Waals surface area contributed by atoms with E-state index in [0.717, 1.165) is 10.6 Å². The Balaban J connectivity index is 1.88. The Morgan fingerprint density at radius 1 is 1.32 bits per heavy atom. The highest BCUT2D eigenvalue weighted by Gasteiger charge is 2.46. The van der Waals surface area contributed by atoms with Crippen molar-refractivity contribution in [2.24, 2.45) is 0 Å². The number of aliphatic carboxylic acids is 1. The van der Waals surface area contributed by atoms with E-state index in [-0.39, 0.29) is 5.91 Å². The van der Waals surface area contributed by atoms with Crippen molar-refractivity contribution >= 4 is 23.2 Å². The Bertz CT molecular complexity index is 713. The number of carbonyl (C=O) groups is 2. The summed E-state index contributed by atoms with van der Waals surface area (Å²) in [7, 11) is 0. The van der Waals surface area contributed by atoms with Gasteiger partial charge in [-0.1, -0.05) is 30.3 Å². The Labute approximate surface area is 132 Å². The molecule has 0 saturated carbocycles. The standard InChI is InChI=1S/C16H16N2O3S/c1-16(15(20)21)8-5-9-18(16)14(19)12-10-17-13(22-12)11-6-3-2-4-7-11/h2-4,6-7,10H,5,8-9H2,1H3,(H,20,21). The molecule has 3 rings (SSSR count). The van der Waals surface area contributed by atoms with Gasteiger partial charge in [0.15, 0.2) is 0 Å². The average molecular weight is 316 g/mol. The monoisotopic (exact) mass is 316 g/mol. The maximum atomic E-state index is 12.6. The normalized spacial score (nSPS) is 21.0. The molecule has 1 saturated heterocycles. The molecular weight excluding hydrogens is 300 g/mol. The highest BCUT2D eigenvalue weighted by Crippen LogP contribution is 2.33. The van der Waals surface area contributed by atoms with Gasteiger partial charge in [0.2, 0.25) is 0 Å². The number of hydrogen-bond acceptors (Lipinski definition) is 4. The van der Waals surface area contributed by atoms with E-state index in [2.05, 4.69) is 4.98 Å². The molecule has 1 aliphatic rings. The van der Waals surface area contributed by atoms with Crippen LogP contribution >= 0.6 is 11.3 Å². The first-order valence-corrected chi connectivity index (χ1v) is 7.90. The second-order valence-corrected chi connectivity index (χ2v) is 6.57. The SMILES string of the molecule is CC1(C(=O)O)CCCN1C(=O)c1cnc(-c2ccccc2)s1.